The predicted octanol–water partition coefficient (Wildman–Crippen LogP) is 3.64. The summed E-state index contributed by atoms with van der Waals surface area (Å²) in [6.07, 6.45) is -7.00. The van der Waals surface area contributed by atoms with Gasteiger partial charge in [0.25, 0.3) is 6.43 Å². The van der Waals surface area contributed by atoms with Crippen LogP contribution in [0.1, 0.15) is 17.7 Å². The molecule has 14 heavy (non-hydrogen) atoms. The highest BCUT2D eigenvalue weighted by Gasteiger charge is 2.32. The third-order valence-electron chi connectivity index (χ3n) is 1.40. The second-order valence-electron chi connectivity index (χ2n) is 2.39. The van der Waals surface area contributed by atoms with Crippen LogP contribution < -0.4 is 0 Å². The van der Waals surface area contributed by atoms with Crippen molar-refractivity contribution in [2.75, 3.05) is 0 Å². The van der Waals surface area contributed by atoms with E-state index in [2.05, 4.69) is 4.98 Å². The van der Waals surface area contributed by atoms with Crippen molar-refractivity contribution >= 4 is 22.6 Å². The van der Waals surface area contributed by atoms with Crippen molar-refractivity contribution in [2.45, 2.75) is 12.6 Å². The van der Waals surface area contributed by atoms with Gasteiger partial charge in [0.2, 0.25) is 0 Å². The van der Waals surface area contributed by atoms with E-state index in [0.29, 0.717) is 12.3 Å². The summed E-state index contributed by atoms with van der Waals surface area (Å²) in [7, 11) is 0. The summed E-state index contributed by atoms with van der Waals surface area (Å²) in [6.45, 7) is 0. The van der Waals surface area contributed by atoms with E-state index in [1.807, 2.05) is 0 Å². The second-order valence-corrected chi connectivity index (χ2v) is 3.55. The van der Waals surface area contributed by atoms with Gasteiger partial charge in [-0.15, -0.1) is 0 Å². The molecule has 0 aliphatic heterocycles. The zero-order valence-corrected chi connectivity index (χ0v) is 8.60. The lowest BCUT2D eigenvalue weighted by Crippen LogP contribution is -2.07. The first kappa shape index (κ1) is 11.6. The van der Waals surface area contributed by atoms with Crippen LogP contribution >= 0.6 is 22.6 Å². The molecule has 0 fully saturated rings. The van der Waals surface area contributed by atoms with E-state index in [1.54, 1.807) is 0 Å². The zero-order chi connectivity index (χ0) is 10.9. The van der Waals surface area contributed by atoms with Gasteiger partial charge in [0.05, 0.1) is 5.56 Å². The van der Waals surface area contributed by atoms with E-state index in [1.165, 1.54) is 22.6 Å². The molecule has 78 valence electrons. The molecule has 1 heterocycles. The summed E-state index contributed by atoms with van der Waals surface area (Å²) in [4.78, 5) is 3.07. The molecule has 0 unspecified atom stereocenters. The average molecular weight is 323 g/mol. The van der Waals surface area contributed by atoms with Gasteiger partial charge in [-0.1, -0.05) is 0 Å². The summed E-state index contributed by atoms with van der Waals surface area (Å²) in [5.41, 5.74) is -1.65. The summed E-state index contributed by atoms with van der Waals surface area (Å²) in [6, 6.07) is 0.648. The Morgan fingerprint density at radius 3 is 2.21 bits per heavy atom. The second kappa shape index (κ2) is 3.95. The number of rotatable bonds is 1. The first-order chi connectivity index (χ1) is 6.32. The minimum atomic E-state index is -4.55. The van der Waals surface area contributed by atoms with Crippen LogP contribution in [0.5, 0.6) is 0 Å². The van der Waals surface area contributed by atoms with Crippen molar-refractivity contribution in [1.82, 2.24) is 4.98 Å². The van der Waals surface area contributed by atoms with Gasteiger partial charge in [-0.2, -0.15) is 13.2 Å². The van der Waals surface area contributed by atoms with Crippen LogP contribution in [0.4, 0.5) is 22.0 Å². The summed E-state index contributed by atoms with van der Waals surface area (Å²) < 4.78 is 60.2. The lowest BCUT2D eigenvalue weighted by atomic mass is 10.2. The van der Waals surface area contributed by atoms with Crippen LogP contribution in [0.2, 0.25) is 0 Å². The van der Waals surface area contributed by atoms with E-state index in [-0.39, 0.29) is 3.57 Å². The van der Waals surface area contributed by atoms with E-state index >= 15 is 0 Å². The van der Waals surface area contributed by atoms with Gasteiger partial charge in [-0.3, -0.25) is 4.98 Å². The lowest BCUT2D eigenvalue weighted by molar-refractivity contribution is -0.137. The Balaban J connectivity index is 3.13. The summed E-state index contributed by atoms with van der Waals surface area (Å²) >= 11 is 1.40. The number of pyridine rings is 1. The normalized spacial score (nSPS) is 12.2. The third-order valence-corrected chi connectivity index (χ3v) is 2.27. The van der Waals surface area contributed by atoms with Crippen LogP contribution in [0.15, 0.2) is 12.3 Å². The van der Waals surface area contributed by atoms with Gasteiger partial charge in [-0.05, 0) is 28.7 Å². The SMILES string of the molecule is FC(F)c1ncc(C(F)(F)F)cc1I. The molecule has 0 atom stereocenters. The van der Waals surface area contributed by atoms with E-state index in [9.17, 15) is 22.0 Å². The fraction of sp³-hybridized carbons (Fsp3) is 0.286. The molecular formula is C7H3F5IN. The molecule has 1 rings (SSSR count). The number of aromatic nitrogens is 1. The lowest BCUT2D eigenvalue weighted by Gasteiger charge is -2.08. The Kier molecular flexibility index (Phi) is 3.28. The molecule has 0 spiro atoms. The van der Waals surface area contributed by atoms with Gasteiger partial charge >= 0.3 is 6.18 Å². The average Bonchev–Trinajstić information content (AvgIpc) is 2.01. The molecule has 0 amide bonds. The van der Waals surface area contributed by atoms with Crippen LogP contribution in [-0.2, 0) is 6.18 Å². The molecule has 0 saturated carbocycles. The van der Waals surface area contributed by atoms with E-state index in [4.69, 9.17) is 0 Å². The van der Waals surface area contributed by atoms with Gasteiger partial charge in [0.1, 0.15) is 5.69 Å². The highest BCUT2D eigenvalue weighted by Crippen LogP contribution is 2.31. The van der Waals surface area contributed by atoms with Crippen LogP contribution in [0, 0.1) is 3.57 Å². The third kappa shape index (κ3) is 2.52. The highest BCUT2D eigenvalue weighted by atomic mass is 127. The highest BCUT2D eigenvalue weighted by molar-refractivity contribution is 14.1. The minimum absolute atomic E-state index is 0.188. The van der Waals surface area contributed by atoms with Gasteiger partial charge in [0, 0.05) is 9.77 Å². The van der Waals surface area contributed by atoms with Crippen molar-refractivity contribution in [3.63, 3.8) is 0 Å². The molecule has 1 aromatic heterocycles. The Bertz CT molecular complexity index is 335. The van der Waals surface area contributed by atoms with Crippen LogP contribution in [0.3, 0.4) is 0 Å². The van der Waals surface area contributed by atoms with Gasteiger partial charge in [-0.25, -0.2) is 8.78 Å². The molecule has 0 bridgehead atoms. The fourth-order valence-corrected chi connectivity index (χ4v) is 1.47. The minimum Gasteiger partial charge on any atom is -0.254 e. The molecule has 0 radical (unpaired) electrons. The van der Waals surface area contributed by atoms with Crippen LogP contribution in [0.25, 0.3) is 0 Å². The van der Waals surface area contributed by atoms with E-state index < -0.39 is 23.9 Å². The Morgan fingerprint density at radius 2 is 1.86 bits per heavy atom. The standard InChI is InChI=1S/C7H3F5IN/c8-6(9)5-4(13)1-3(2-14-5)7(10,11)12/h1-2,6H. The Morgan fingerprint density at radius 1 is 1.29 bits per heavy atom. The molecule has 1 aromatic rings. The molecular weight excluding hydrogens is 320 g/mol. The van der Waals surface area contributed by atoms with Crippen molar-refractivity contribution in [3.8, 4) is 0 Å². The first-order valence-electron chi connectivity index (χ1n) is 3.33. The smallest absolute Gasteiger partial charge is 0.254 e. The Labute approximate surface area is 89.5 Å². The number of hydrogen-bond donors (Lipinski definition) is 0. The first-order valence-corrected chi connectivity index (χ1v) is 4.41. The van der Waals surface area contributed by atoms with E-state index in [0.717, 1.165) is 0 Å². The maximum absolute atomic E-state index is 12.1. The predicted molar refractivity (Wildman–Crippen MR) is 46.9 cm³/mol. The topological polar surface area (TPSA) is 12.9 Å². The number of halogens is 6. The molecule has 0 aliphatic rings. The zero-order valence-electron chi connectivity index (χ0n) is 6.45. The van der Waals surface area contributed by atoms with Crippen LogP contribution in [-0.4, -0.2) is 4.98 Å². The molecule has 0 aliphatic carbocycles. The number of hydrogen-bond acceptors (Lipinski definition) is 1. The fourth-order valence-electron chi connectivity index (χ4n) is 0.764. The molecule has 7 heteroatoms. The van der Waals surface area contributed by atoms with Crippen molar-refractivity contribution < 1.29 is 22.0 Å². The molecule has 1 nitrogen and oxygen atoms in total. The molecule has 0 N–H and O–H groups in total. The Hall–Kier alpha value is -0.470. The number of nitrogens with zero attached hydrogens (tertiary/aromatic N) is 1. The maximum Gasteiger partial charge on any atom is 0.417 e. The molecule has 0 aromatic carbocycles. The largest absolute Gasteiger partial charge is 0.417 e. The van der Waals surface area contributed by atoms with Gasteiger partial charge < -0.3 is 0 Å². The summed E-state index contributed by atoms with van der Waals surface area (Å²) in [5, 5.41) is 0. The van der Waals surface area contributed by atoms with Crippen molar-refractivity contribution in [3.05, 3.63) is 27.1 Å². The van der Waals surface area contributed by atoms with Crippen molar-refractivity contribution in [2.24, 2.45) is 0 Å². The quantitative estimate of drug-likeness (QED) is 0.568. The number of alkyl halides is 5. The maximum atomic E-state index is 12.1. The van der Waals surface area contributed by atoms with Crippen molar-refractivity contribution in [1.29, 1.82) is 0 Å². The summed E-state index contributed by atoms with van der Waals surface area (Å²) in [5.74, 6) is 0. The van der Waals surface area contributed by atoms with Gasteiger partial charge in [0.15, 0.2) is 0 Å². The monoisotopic (exact) mass is 323 g/mol. The molecule has 0 saturated heterocycles.